The summed E-state index contributed by atoms with van der Waals surface area (Å²) in [5.74, 6) is 0.742. The maximum atomic E-state index is 13.4. The molecule has 0 radical (unpaired) electrons. The highest BCUT2D eigenvalue weighted by molar-refractivity contribution is 6.03. The van der Waals surface area contributed by atoms with E-state index in [9.17, 15) is 4.79 Å². The van der Waals surface area contributed by atoms with Gasteiger partial charge in [-0.25, -0.2) is 0 Å². The molecule has 4 heteroatoms. The number of hydrogen-bond acceptors (Lipinski definition) is 2. The van der Waals surface area contributed by atoms with Gasteiger partial charge in [0.05, 0.1) is 12.1 Å². The van der Waals surface area contributed by atoms with E-state index in [0.717, 1.165) is 47.2 Å². The van der Waals surface area contributed by atoms with E-state index in [2.05, 4.69) is 84.4 Å². The fourth-order valence-corrected chi connectivity index (χ4v) is 4.93. The van der Waals surface area contributed by atoms with E-state index in [1.807, 2.05) is 42.6 Å². The van der Waals surface area contributed by atoms with Gasteiger partial charge >= 0.3 is 0 Å². The van der Waals surface area contributed by atoms with Crippen molar-refractivity contribution >= 4 is 27.7 Å². The summed E-state index contributed by atoms with van der Waals surface area (Å²) in [6.45, 7) is 3.66. The molecule has 0 aliphatic carbocycles. The number of unbranched alkanes of at least 4 members (excludes halogenated alkanes) is 1. The smallest absolute Gasteiger partial charge is 0.262 e. The molecule has 4 aromatic carbocycles. The van der Waals surface area contributed by atoms with Crippen LogP contribution in [0.2, 0.25) is 0 Å². The second kappa shape index (κ2) is 10.4. The minimum absolute atomic E-state index is 0.0514. The van der Waals surface area contributed by atoms with Crippen molar-refractivity contribution < 1.29 is 9.53 Å². The van der Waals surface area contributed by atoms with Gasteiger partial charge in [-0.2, -0.15) is 0 Å². The summed E-state index contributed by atoms with van der Waals surface area (Å²) in [6, 6.07) is 35.0. The van der Waals surface area contributed by atoms with Gasteiger partial charge in [0.1, 0.15) is 5.75 Å². The van der Waals surface area contributed by atoms with Gasteiger partial charge in [-0.3, -0.25) is 9.36 Å². The first-order chi connectivity index (χ1) is 18.7. The van der Waals surface area contributed by atoms with Crippen molar-refractivity contribution in [2.24, 2.45) is 0 Å². The van der Waals surface area contributed by atoms with Crippen LogP contribution in [0.25, 0.3) is 32.9 Å². The number of fused-ring (bicyclic) bond motifs is 2. The number of rotatable bonds is 8. The van der Waals surface area contributed by atoms with Crippen LogP contribution in [0.1, 0.15) is 35.7 Å². The molecule has 0 amide bonds. The molecule has 4 nitrogen and oxygen atoms in total. The number of aromatic nitrogens is 2. The summed E-state index contributed by atoms with van der Waals surface area (Å²) in [7, 11) is 0. The molecule has 0 saturated heterocycles. The Labute approximate surface area is 222 Å². The lowest BCUT2D eigenvalue weighted by Crippen LogP contribution is -2.10. The van der Waals surface area contributed by atoms with Crippen molar-refractivity contribution in [3.63, 3.8) is 0 Å². The van der Waals surface area contributed by atoms with Gasteiger partial charge in [0.25, 0.3) is 5.91 Å². The molecule has 6 aromatic rings. The summed E-state index contributed by atoms with van der Waals surface area (Å²) in [5, 5.41) is 2.25. The normalized spacial score (nSPS) is 11.3. The van der Waals surface area contributed by atoms with Crippen molar-refractivity contribution in [3.8, 4) is 16.9 Å². The second-order valence-electron chi connectivity index (χ2n) is 9.69. The average Bonchev–Trinajstić information content (AvgIpc) is 3.57. The van der Waals surface area contributed by atoms with E-state index in [1.165, 1.54) is 16.5 Å². The summed E-state index contributed by atoms with van der Waals surface area (Å²) >= 11 is 0. The molecule has 0 N–H and O–H groups in total. The van der Waals surface area contributed by atoms with Crippen LogP contribution in [0.3, 0.4) is 0 Å². The number of ether oxygens (including phenoxy) is 1. The molecule has 0 aliphatic rings. The quantitative estimate of drug-likeness (QED) is 0.198. The Morgan fingerprint density at radius 1 is 0.737 bits per heavy atom. The van der Waals surface area contributed by atoms with Gasteiger partial charge < -0.3 is 9.30 Å². The fourth-order valence-electron chi connectivity index (χ4n) is 4.93. The molecule has 188 valence electrons. The number of nitrogens with zero attached hydrogens (tertiary/aromatic N) is 2. The summed E-state index contributed by atoms with van der Waals surface area (Å²) < 4.78 is 9.78. The molecular formula is C34H30N2O2. The van der Waals surface area contributed by atoms with Gasteiger partial charge in [-0.15, -0.1) is 0 Å². The first-order valence-electron chi connectivity index (χ1n) is 13.2. The van der Waals surface area contributed by atoms with Crippen LogP contribution in [-0.2, 0) is 6.54 Å². The van der Waals surface area contributed by atoms with Crippen LogP contribution < -0.4 is 4.74 Å². The van der Waals surface area contributed by atoms with E-state index in [-0.39, 0.29) is 5.91 Å². The van der Waals surface area contributed by atoms with Crippen molar-refractivity contribution in [3.05, 3.63) is 127 Å². The molecule has 0 aliphatic heterocycles. The van der Waals surface area contributed by atoms with E-state index in [1.54, 1.807) is 4.57 Å². The maximum Gasteiger partial charge on any atom is 0.262 e. The third-order valence-corrected chi connectivity index (χ3v) is 7.08. The minimum Gasteiger partial charge on any atom is -0.494 e. The minimum atomic E-state index is -0.0514. The topological polar surface area (TPSA) is 36.2 Å². The van der Waals surface area contributed by atoms with Gasteiger partial charge in [0.15, 0.2) is 0 Å². The standard InChI is InChI=1S/C34H30N2O2/c1-2-3-21-38-31-15-13-28(14-16-31)34(37)36-20-18-27-10-12-30(23-33(27)36)29-11-9-26-17-19-35(32(26)22-29)24-25-7-5-4-6-8-25/h4-20,22-23H,2-3,21,24H2,1H3. The number of hydrogen-bond donors (Lipinski definition) is 0. The van der Waals surface area contributed by atoms with Crippen molar-refractivity contribution in [1.82, 2.24) is 9.13 Å². The molecule has 2 aromatic heterocycles. The summed E-state index contributed by atoms with van der Waals surface area (Å²) in [6.07, 6.45) is 6.11. The number of benzene rings is 4. The van der Waals surface area contributed by atoms with Gasteiger partial charge in [-0.1, -0.05) is 67.9 Å². The lowest BCUT2D eigenvalue weighted by Gasteiger charge is -2.10. The number of carbonyl (C=O) groups excluding carboxylic acids is 1. The molecule has 0 saturated carbocycles. The van der Waals surface area contributed by atoms with Crippen molar-refractivity contribution in [2.45, 2.75) is 26.3 Å². The zero-order chi connectivity index (χ0) is 25.9. The Hall–Kier alpha value is -4.57. The van der Waals surface area contributed by atoms with Crippen LogP contribution in [0.4, 0.5) is 0 Å². The van der Waals surface area contributed by atoms with Crippen molar-refractivity contribution in [1.29, 1.82) is 0 Å². The highest BCUT2D eigenvalue weighted by Gasteiger charge is 2.13. The molecule has 6 rings (SSSR count). The van der Waals surface area contributed by atoms with E-state index < -0.39 is 0 Å². The average molecular weight is 499 g/mol. The Morgan fingerprint density at radius 2 is 1.42 bits per heavy atom. The van der Waals surface area contributed by atoms with Gasteiger partial charge in [0, 0.05) is 35.4 Å². The van der Waals surface area contributed by atoms with Crippen LogP contribution in [0.15, 0.2) is 116 Å². The molecule has 0 atom stereocenters. The first kappa shape index (κ1) is 23.8. The monoisotopic (exact) mass is 498 g/mol. The van der Waals surface area contributed by atoms with Crippen molar-refractivity contribution in [2.75, 3.05) is 6.61 Å². The zero-order valence-corrected chi connectivity index (χ0v) is 21.5. The number of carbonyl (C=O) groups is 1. The third kappa shape index (κ3) is 4.73. The Morgan fingerprint density at radius 3 is 2.16 bits per heavy atom. The van der Waals surface area contributed by atoms with Gasteiger partial charge in [0.2, 0.25) is 0 Å². The predicted octanol–water partition coefficient (Wildman–Crippen LogP) is 8.18. The molecule has 0 bridgehead atoms. The van der Waals surface area contributed by atoms with Crippen LogP contribution in [0, 0.1) is 0 Å². The zero-order valence-electron chi connectivity index (χ0n) is 21.5. The predicted molar refractivity (Wildman–Crippen MR) is 155 cm³/mol. The first-order valence-corrected chi connectivity index (χ1v) is 13.2. The fraction of sp³-hybridized carbons (Fsp3) is 0.147. The van der Waals surface area contributed by atoms with E-state index in [0.29, 0.717) is 12.2 Å². The highest BCUT2D eigenvalue weighted by Crippen LogP contribution is 2.29. The third-order valence-electron chi connectivity index (χ3n) is 7.08. The Balaban J connectivity index is 1.30. The molecule has 0 fully saturated rings. The van der Waals surface area contributed by atoms with Crippen LogP contribution >= 0.6 is 0 Å². The summed E-state index contributed by atoms with van der Waals surface area (Å²) in [5.41, 5.74) is 6.21. The molecule has 0 unspecified atom stereocenters. The van der Waals surface area contributed by atoms with Gasteiger partial charge in [-0.05, 0) is 77.0 Å². The van der Waals surface area contributed by atoms with E-state index in [4.69, 9.17) is 4.74 Å². The molecule has 2 heterocycles. The molecule has 0 spiro atoms. The van der Waals surface area contributed by atoms with Crippen LogP contribution in [0.5, 0.6) is 5.75 Å². The largest absolute Gasteiger partial charge is 0.494 e. The van der Waals surface area contributed by atoms with Crippen LogP contribution in [-0.4, -0.2) is 21.6 Å². The molecular weight excluding hydrogens is 468 g/mol. The van der Waals surface area contributed by atoms with E-state index >= 15 is 0 Å². The Kier molecular flexibility index (Phi) is 6.53. The lowest BCUT2D eigenvalue weighted by molar-refractivity contribution is 0.0965. The maximum absolute atomic E-state index is 13.4. The second-order valence-corrected chi connectivity index (χ2v) is 9.69. The Bertz CT molecular complexity index is 1710. The summed E-state index contributed by atoms with van der Waals surface area (Å²) in [4.78, 5) is 13.4. The lowest BCUT2D eigenvalue weighted by atomic mass is 10.0. The highest BCUT2D eigenvalue weighted by atomic mass is 16.5. The SMILES string of the molecule is CCCCOc1ccc(C(=O)n2ccc3ccc(-c4ccc5ccn(Cc6ccccc6)c5c4)cc32)cc1. The molecule has 38 heavy (non-hydrogen) atoms.